The molecule has 0 unspecified atom stereocenters. The molecule has 0 amide bonds. The number of rotatable bonds is 4. The highest BCUT2D eigenvalue weighted by Crippen LogP contribution is 2.22. The number of hydrogen-bond donors (Lipinski definition) is 0. The first-order chi connectivity index (χ1) is 11.6. The predicted molar refractivity (Wildman–Crippen MR) is 99.4 cm³/mol. The molecule has 0 atom stereocenters. The van der Waals surface area contributed by atoms with Crippen LogP contribution < -0.4 is 4.90 Å². The number of benzene rings is 2. The van der Waals surface area contributed by atoms with Gasteiger partial charge in [-0.25, -0.2) is 8.42 Å². The van der Waals surface area contributed by atoms with Crippen LogP contribution in [-0.2, 0) is 10.0 Å². The van der Waals surface area contributed by atoms with E-state index in [2.05, 4.69) is 24.0 Å². The van der Waals surface area contributed by atoms with Crippen LogP contribution in [0.5, 0.6) is 0 Å². The highest BCUT2D eigenvalue weighted by atomic mass is 32.2. The molecule has 126 valence electrons. The Bertz CT molecular complexity index is 808. The second-order valence-corrected chi connectivity index (χ2v) is 7.75. The predicted octanol–water partition coefficient (Wildman–Crippen LogP) is 3.12. The summed E-state index contributed by atoms with van der Waals surface area (Å²) in [5, 5.41) is 1.31. The van der Waals surface area contributed by atoms with Gasteiger partial charge in [0.15, 0.2) is 0 Å². The van der Waals surface area contributed by atoms with Crippen molar-refractivity contribution in [1.82, 2.24) is 4.31 Å². The van der Waals surface area contributed by atoms with E-state index in [-0.39, 0.29) is 0 Å². The van der Waals surface area contributed by atoms with Gasteiger partial charge < -0.3 is 4.90 Å². The number of hydrogen-bond acceptors (Lipinski definition) is 3. The molecule has 0 radical (unpaired) electrons. The van der Waals surface area contributed by atoms with Gasteiger partial charge in [-0.05, 0) is 30.2 Å². The lowest BCUT2D eigenvalue weighted by Gasteiger charge is -2.35. The van der Waals surface area contributed by atoms with Gasteiger partial charge in [-0.15, -0.1) is 0 Å². The third-order valence-corrected chi connectivity index (χ3v) is 5.85. The summed E-state index contributed by atoms with van der Waals surface area (Å²) in [6.45, 7) is 4.53. The van der Waals surface area contributed by atoms with Crippen molar-refractivity contribution in [2.75, 3.05) is 31.1 Å². The maximum Gasteiger partial charge on any atom is 0.236 e. The average molecular weight is 342 g/mol. The van der Waals surface area contributed by atoms with Crippen LogP contribution in [0.15, 0.2) is 60.0 Å². The molecule has 0 saturated carbocycles. The Morgan fingerprint density at radius 3 is 2.17 bits per heavy atom. The van der Waals surface area contributed by atoms with E-state index in [1.54, 1.807) is 10.4 Å². The van der Waals surface area contributed by atoms with Crippen LogP contribution in [0.3, 0.4) is 0 Å². The molecule has 4 nitrogen and oxygen atoms in total. The summed E-state index contributed by atoms with van der Waals surface area (Å²) in [5.41, 5.74) is 3.30. The minimum absolute atomic E-state index is 0.510. The summed E-state index contributed by atoms with van der Waals surface area (Å²) >= 11 is 0. The molecular formula is C19H22N2O2S. The second kappa shape index (κ2) is 7.20. The zero-order chi connectivity index (χ0) is 17.0. The fraction of sp³-hybridized carbons (Fsp3) is 0.263. The fourth-order valence-electron chi connectivity index (χ4n) is 2.92. The summed E-state index contributed by atoms with van der Waals surface area (Å²) in [6.07, 6.45) is 1.66. The largest absolute Gasteiger partial charge is 0.369 e. The summed E-state index contributed by atoms with van der Waals surface area (Å²) in [7, 11) is -3.37. The number of anilines is 1. The summed E-state index contributed by atoms with van der Waals surface area (Å²) < 4.78 is 26.5. The normalized spacial score (nSPS) is 16.6. The van der Waals surface area contributed by atoms with Gasteiger partial charge in [-0.1, -0.05) is 48.5 Å². The molecular weight excluding hydrogens is 320 g/mol. The molecule has 0 aromatic heterocycles. The fourth-order valence-corrected chi connectivity index (χ4v) is 4.09. The van der Waals surface area contributed by atoms with Crippen molar-refractivity contribution < 1.29 is 8.42 Å². The third kappa shape index (κ3) is 3.86. The van der Waals surface area contributed by atoms with Crippen LogP contribution in [0.1, 0.15) is 11.1 Å². The van der Waals surface area contributed by atoms with Crippen molar-refractivity contribution in [2.45, 2.75) is 6.92 Å². The summed E-state index contributed by atoms with van der Waals surface area (Å²) in [5.74, 6) is 0. The van der Waals surface area contributed by atoms with Crippen LogP contribution in [0.4, 0.5) is 5.69 Å². The van der Waals surface area contributed by atoms with Crippen molar-refractivity contribution in [3.63, 3.8) is 0 Å². The van der Waals surface area contributed by atoms with Crippen LogP contribution in [0, 0.1) is 6.92 Å². The van der Waals surface area contributed by atoms with Gasteiger partial charge in [-0.2, -0.15) is 4.31 Å². The van der Waals surface area contributed by atoms with Crippen molar-refractivity contribution in [2.24, 2.45) is 0 Å². The topological polar surface area (TPSA) is 40.6 Å². The number of sulfonamides is 1. The molecule has 24 heavy (non-hydrogen) atoms. The van der Waals surface area contributed by atoms with Crippen LogP contribution in [0.2, 0.25) is 0 Å². The van der Waals surface area contributed by atoms with Crippen molar-refractivity contribution in [1.29, 1.82) is 0 Å². The van der Waals surface area contributed by atoms with E-state index in [4.69, 9.17) is 0 Å². The Labute approximate surface area is 144 Å². The molecule has 1 aliphatic rings. The maximum absolute atomic E-state index is 12.5. The molecule has 2 aromatic rings. The number of piperazine rings is 1. The minimum atomic E-state index is -3.37. The van der Waals surface area contributed by atoms with Crippen LogP contribution in [0.25, 0.3) is 6.08 Å². The first-order valence-corrected chi connectivity index (χ1v) is 9.60. The number of aryl methyl sites for hydroxylation is 1. The number of nitrogens with zero attached hydrogens (tertiary/aromatic N) is 2. The van der Waals surface area contributed by atoms with Crippen LogP contribution in [-0.4, -0.2) is 38.9 Å². The lowest BCUT2D eigenvalue weighted by molar-refractivity contribution is 0.390. The minimum Gasteiger partial charge on any atom is -0.369 e. The van der Waals surface area contributed by atoms with Crippen LogP contribution >= 0.6 is 0 Å². The van der Waals surface area contributed by atoms with E-state index in [1.807, 2.05) is 42.5 Å². The zero-order valence-corrected chi connectivity index (χ0v) is 14.6. The third-order valence-electron chi connectivity index (χ3n) is 4.29. The van der Waals surface area contributed by atoms with Gasteiger partial charge in [0.25, 0.3) is 0 Å². The van der Waals surface area contributed by atoms with Gasteiger partial charge >= 0.3 is 0 Å². The SMILES string of the molecule is Cc1ccccc1N1CCN(S(=O)(=O)C=Cc2ccccc2)CC1. The Hall–Kier alpha value is -2.11. The molecule has 2 aromatic carbocycles. The molecule has 1 fully saturated rings. The van der Waals surface area contributed by atoms with Gasteiger partial charge in [-0.3, -0.25) is 0 Å². The standard InChI is InChI=1S/C19H22N2O2S/c1-17-7-5-6-10-19(17)20-12-14-21(15-13-20)24(22,23)16-11-18-8-3-2-4-9-18/h2-11,16H,12-15H2,1H3. The maximum atomic E-state index is 12.5. The van der Waals surface area contributed by atoms with Gasteiger partial charge in [0.1, 0.15) is 0 Å². The second-order valence-electron chi connectivity index (χ2n) is 5.93. The molecule has 1 heterocycles. The lowest BCUT2D eigenvalue weighted by atomic mass is 10.1. The number of para-hydroxylation sites is 1. The zero-order valence-electron chi connectivity index (χ0n) is 13.8. The van der Waals surface area contributed by atoms with Gasteiger partial charge in [0, 0.05) is 37.3 Å². The Morgan fingerprint density at radius 2 is 1.50 bits per heavy atom. The quantitative estimate of drug-likeness (QED) is 0.857. The molecule has 0 N–H and O–H groups in total. The molecule has 0 aliphatic carbocycles. The van der Waals surface area contributed by atoms with E-state index >= 15 is 0 Å². The lowest BCUT2D eigenvalue weighted by Crippen LogP contribution is -2.48. The first kappa shape index (κ1) is 16.7. The highest BCUT2D eigenvalue weighted by molar-refractivity contribution is 7.92. The molecule has 0 bridgehead atoms. The van der Waals surface area contributed by atoms with Gasteiger partial charge in [0.05, 0.1) is 0 Å². The Kier molecular flexibility index (Phi) is 5.02. The monoisotopic (exact) mass is 342 g/mol. The average Bonchev–Trinajstić information content (AvgIpc) is 2.62. The smallest absolute Gasteiger partial charge is 0.236 e. The highest BCUT2D eigenvalue weighted by Gasteiger charge is 2.25. The van der Waals surface area contributed by atoms with E-state index < -0.39 is 10.0 Å². The van der Waals surface area contributed by atoms with E-state index in [0.717, 1.165) is 5.56 Å². The Morgan fingerprint density at radius 1 is 0.875 bits per heavy atom. The van der Waals surface area contributed by atoms with Gasteiger partial charge in [0.2, 0.25) is 10.0 Å². The summed E-state index contributed by atoms with van der Waals surface area (Å²) in [6, 6.07) is 17.7. The van der Waals surface area contributed by atoms with Crippen molar-refractivity contribution >= 4 is 21.8 Å². The van der Waals surface area contributed by atoms with Crippen molar-refractivity contribution in [3.05, 3.63) is 71.1 Å². The molecule has 5 heteroatoms. The van der Waals surface area contributed by atoms with Crippen molar-refractivity contribution in [3.8, 4) is 0 Å². The van der Waals surface area contributed by atoms with E-state index in [9.17, 15) is 8.42 Å². The Balaban J connectivity index is 1.65. The van der Waals surface area contributed by atoms with E-state index in [0.29, 0.717) is 26.2 Å². The first-order valence-electron chi connectivity index (χ1n) is 8.10. The molecule has 1 saturated heterocycles. The summed E-state index contributed by atoms with van der Waals surface area (Å²) in [4.78, 5) is 2.25. The molecule has 3 rings (SSSR count). The van der Waals surface area contributed by atoms with E-state index in [1.165, 1.54) is 16.7 Å². The molecule has 1 aliphatic heterocycles. The molecule has 0 spiro atoms.